The summed E-state index contributed by atoms with van der Waals surface area (Å²) in [5.41, 5.74) is 3.38. The van der Waals surface area contributed by atoms with Gasteiger partial charge in [0.1, 0.15) is 6.04 Å². The number of carbonyl (C=O) groups is 2. The lowest BCUT2D eigenvalue weighted by Crippen LogP contribution is -2.50. The van der Waals surface area contributed by atoms with Crippen LogP contribution in [-0.4, -0.2) is 50.0 Å². The third-order valence-electron chi connectivity index (χ3n) is 6.30. The topological polar surface area (TPSA) is 86.8 Å². The van der Waals surface area contributed by atoms with Gasteiger partial charge in [-0.15, -0.1) is 0 Å². The van der Waals surface area contributed by atoms with Gasteiger partial charge in [0.05, 0.1) is 11.9 Å². The molecule has 0 spiro atoms. The number of benzene rings is 2. The Balaban J connectivity index is 2.24. The van der Waals surface area contributed by atoms with Gasteiger partial charge in [0, 0.05) is 30.6 Å². The summed E-state index contributed by atoms with van der Waals surface area (Å²) in [6, 6.07) is 12.2. The molecule has 0 saturated heterocycles. The van der Waals surface area contributed by atoms with E-state index in [1.165, 1.54) is 10.6 Å². The van der Waals surface area contributed by atoms with E-state index in [9.17, 15) is 18.0 Å². The molecule has 1 N–H and O–H groups in total. The lowest BCUT2D eigenvalue weighted by atomic mass is 10.1. The average Bonchev–Trinajstić information content (AvgIpc) is 2.81. The van der Waals surface area contributed by atoms with Crippen LogP contribution < -0.4 is 9.62 Å². The molecule has 0 aliphatic rings. The Morgan fingerprint density at radius 2 is 1.59 bits per heavy atom. The Labute approximate surface area is 227 Å². The zero-order chi connectivity index (χ0) is 27.8. The van der Waals surface area contributed by atoms with E-state index in [0.29, 0.717) is 23.6 Å². The van der Waals surface area contributed by atoms with Crippen molar-refractivity contribution in [2.45, 2.75) is 78.9 Å². The largest absolute Gasteiger partial charge is 0.352 e. The van der Waals surface area contributed by atoms with Crippen LogP contribution in [0, 0.1) is 13.8 Å². The van der Waals surface area contributed by atoms with Gasteiger partial charge in [0.2, 0.25) is 21.8 Å². The first-order valence-electron chi connectivity index (χ1n) is 12.8. The third-order valence-corrected chi connectivity index (χ3v) is 7.75. The normalized spacial score (nSPS) is 13.1. The summed E-state index contributed by atoms with van der Waals surface area (Å²) in [5, 5.41) is 3.59. The monoisotopic (exact) mass is 549 g/mol. The molecule has 2 rings (SSSR count). The van der Waals surface area contributed by atoms with Crippen molar-refractivity contribution in [2.24, 2.45) is 0 Å². The number of carbonyl (C=O) groups excluding carboxylic acids is 2. The van der Waals surface area contributed by atoms with Gasteiger partial charge in [-0.1, -0.05) is 43.6 Å². The molecular formula is C28H40ClN3O4S. The van der Waals surface area contributed by atoms with Crippen LogP contribution in [-0.2, 0) is 26.2 Å². The number of anilines is 1. The quantitative estimate of drug-likeness (QED) is 0.371. The summed E-state index contributed by atoms with van der Waals surface area (Å²) in [6.45, 7) is 10.1. The molecule has 0 bridgehead atoms. The molecule has 2 atom stereocenters. The molecule has 0 heterocycles. The molecule has 0 aliphatic heterocycles. The minimum absolute atomic E-state index is 0.00450. The SMILES string of the molecule is CC[C@H](C)NC(=O)[C@H](CC)N(Cc1ccc(Cl)cc1)C(=O)CCCN(c1cc(C)cc(C)c1)S(C)(=O)=O. The molecule has 7 nitrogen and oxygen atoms in total. The summed E-state index contributed by atoms with van der Waals surface area (Å²) in [5.74, 6) is -0.387. The lowest BCUT2D eigenvalue weighted by molar-refractivity contribution is -0.141. The molecule has 2 aromatic rings. The highest BCUT2D eigenvalue weighted by Crippen LogP contribution is 2.23. The van der Waals surface area contributed by atoms with Crippen LogP contribution in [0.15, 0.2) is 42.5 Å². The van der Waals surface area contributed by atoms with Gasteiger partial charge < -0.3 is 10.2 Å². The maximum Gasteiger partial charge on any atom is 0.243 e. The van der Waals surface area contributed by atoms with Crippen molar-refractivity contribution in [1.82, 2.24) is 10.2 Å². The van der Waals surface area contributed by atoms with Crippen molar-refractivity contribution in [1.29, 1.82) is 0 Å². The summed E-state index contributed by atoms with van der Waals surface area (Å²) in [7, 11) is -3.54. The van der Waals surface area contributed by atoms with E-state index in [4.69, 9.17) is 11.6 Å². The first-order valence-corrected chi connectivity index (χ1v) is 15.0. The Kier molecular flexibility index (Phi) is 11.4. The van der Waals surface area contributed by atoms with E-state index in [0.717, 1.165) is 23.1 Å². The lowest BCUT2D eigenvalue weighted by Gasteiger charge is -2.32. The zero-order valence-corrected chi connectivity index (χ0v) is 24.3. The van der Waals surface area contributed by atoms with E-state index in [1.807, 2.05) is 65.0 Å². The van der Waals surface area contributed by atoms with Gasteiger partial charge in [-0.2, -0.15) is 0 Å². The minimum atomic E-state index is -3.54. The third kappa shape index (κ3) is 9.34. The number of nitrogens with one attached hydrogen (secondary N) is 1. The standard InChI is InChI=1S/C28H40ClN3O4S/c1-7-22(5)30-28(34)26(8-2)31(19-23-11-13-24(29)14-12-23)27(33)10-9-15-32(37(6,35)36)25-17-20(3)16-21(4)18-25/h11-14,16-18,22,26H,7-10,15,19H2,1-6H3,(H,30,34)/t22-,26-/m0/s1. The molecule has 0 aliphatic carbocycles. The Hall–Kier alpha value is -2.58. The van der Waals surface area contributed by atoms with Gasteiger partial charge >= 0.3 is 0 Å². The van der Waals surface area contributed by atoms with E-state index >= 15 is 0 Å². The molecule has 204 valence electrons. The van der Waals surface area contributed by atoms with Gasteiger partial charge in [0.15, 0.2) is 0 Å². The molecule has 0 aromatic heterocycles. The molecule has 2 amide bonds. The first-order chi connectivity index (χ1) is 17.3. The zero-order valence-electron chi connectivity index (χ0n) is 22.8. The first kappa shape index (κ1) is 30.6. The highest BCUT2D eigenvalue weighted by atomic mass is 35.5. The van der Waals surface area contributed by atoms with Crippen molar-refractivity contribution in [3.63, 3.8) is 0 Å². The van der Waals surface area contributed by atoms with Crippen molar-refractivity contribution in [2.75, 3.05) is 17.1 Å². The fraction of sp³-hybridized carbons (Fsp3) is 0.500. The van der Waals surface area contributed by atoms with E-state index in [-0.39, 0.29) is 37.4 Å². The van der Waals surface area contributed by atoms with Gasteiger partial charge in [-0.25, -0.2) is 8.42 Å². The summed E-state index contributed by atoms with van der Waals surface area (Å²) in [4.78, 5) is 28.2. The van der Waals surface area contributed by atoms with Crippen LogP contribution in [0.2, 0.25) is 5.02 Å². The highest BCUT2D eigenvalue weighted by molar-refractivity contribution is 7.92. The highest BCUT2D eigenvalue weighted by Gasteiger charge is 2.29. The van der Waals surface area contributed by atoms with Crippen LogP contribution in [0.5, 0.6) is 0 Å². The van der Waals surface area contributed by atoms with Gasteiger partial charge in [-0.05, 0) is 81.0 Å². The van der Waals surface area contributed by atoms with Crippen molar-refractivity contribution in [3.05, 3.63) is 64.2 Å². The number of aryl methyl sites for hydroxylation is 2. The van der Waals surface area contributed by atoms with Crippen LogP contribution in [0.3, 0.4) is 0 Å². The minimum Gasteiger partial charge on any atom is -0.352 e. The Morgan fingerprint density at radius 3 is 2.11 bits per heavy atom. The summed E-state index contributed by atoms with van der Waals surface area (Å²) < 4.78 is 26.5. The number of nitrogens with zero attached hydrogens (tertiary/aromatic N) is 2. The van der Waals surface area contributed by atoms with Gasteiger partial charge in [0.25, 0.3) is 0 Å². The number of halogens is 1. The van der Waals surface area contributed by atoms with Crippen LogP contribution in [0.1, 0.15) is 63.1 Å². The molecule has 0 unspecified atom stereocenters. The van der Waals surface area contributed by atoms with Crippen LogP contribution in [0.4, 0.5) is 5.69 Å². The number of sulfonamides is 1. The number of rotatable bonds is 13. The predicted molar refractivity (Wildman–Crippen MR) is 151 cm³/mol. The van der Waals surface area contributed by atoms with Gasteiger partial charge in [-0.3, -0.25) is 13.9 Å². The number of hydrogen-bond acceptors (Lipinski definition) is 4. The molecular weight excluding hydrogens is 510 g/mol. The van der Waals surface area contributed by atoms with Crippen molar-refractivity contribution < 1.29 is 18.0 Å². The van der Waals surface area contributed by atoms with Crippen LogP contribution >= 0.6 is 11.6 Å². The van der Waals surface area contributed by atoms with E-state index < -0.39 is 16.1 Å². The Morgan fingerprint density at radius 1 is 1.00 bits per heavy atom. The fourth-order valence-electron chi connectivity index (χ4n) is 4.25. The number of hydrogen-bond donors (Lipinski definition) is 1. The molecule has 0 radical (unpaired) electrons. The average molecular weight is 550 g/mol. The molecule has 9 heteroatoms. The maximum atomic E-state index is 13.5. The predicted octanol–water partition coefficient (Wildman–Crippen LogP) is 5.23. The molecule has 37 heavy (non-hydrogen) atoms. The van der Waals surface area contributed by atoms with E-state index in [2.05, 4.69) is 5.32 Å². The Bertz CT molecular complexity index is 1150. The molecule has 0 fully saturated rings. The second kappa shape index (κ2) is 13.8. The smallest absolute Gasteiger partial charge is 0.243 e. The molecule has 2 aromatic carbocycles. The summed E-state index contributed by atoms with van der Waals surface area (Å²) >= 11 is 6.03. The number of amides is 2. The van der Waals surface area contributed by atoms with Crippen molar-refractivity contribution in [3.8, 4) is 0 Å². The second-order valence-electron chi connectivity index (χ2n) is 9.67. The van der Waals surface area contributed by atoms with E-state index in [1.54, 1.807) is 17.0 Å². The fourth-order valence-corrected chi connectivity index (χ4v) is 5.32. The second-order valence-corrected chi connectivity index (χ2v) is 12.0. The maximum absolute atomic E-state index is 13.5. The van der Waals surface area contributed by atoms with Crippen LogP contribution in [0.25, 0.3) is 0 Å². The molecule has 0 saturated carbocycles. The summed E-state index contributed by atoms with van der Waals surface area (Å²) in [6.07, 6.45) is 2.84. The van der Waals surface area contributed by atoms with Crippen molar-refractivity contribution >= 4 is 39.1 Å².